The maximum absolute atomic E-state index is 12.5. The number of amides is 1. The topological polar surface area (TPSA) is 95.9 Å². The largest absolute Gasteiger partial charge is 0.466 e. The molecule has 67 heavy (non-hydrogen) atoms. The normalized spacial score (nSPS) is 12.6. The van der Waals surface area contributed by atoms with Crippen LogP contribution in [0, 0.1) is 0 Å². The molecular weight excluding hydrogens is 827 g/mol. The van der Waals surface area contributed by atoms with Gasteiger partial charge in [-0.1, -0.05) is 289 Å². The fourth-order valence-corrected chi connectivity index (χ4v) is 9.64. The SMILES string of the molecule is CCCCCCCC/C=C\CCCCCCCCCCCC(=O)OCCCCCCCCCCCCCCCCCCCCCC(=O)NC(CO)C(O)CCCCCCCCCCCCCC. The Morgan fingerprint density at radius 1 is 0.403 bits per heavy atom. The van der Waals surface area contributed by atoms with E-state index >= 15 is 0 Å². The first kappa shape index (κ1) is 65.6. The number of rotatable bonds is 57. The van der Waals surface area contributed by atoms with E-state index in [0.717, 1.165) is 44.9 Å². The molecule has 0 radical (unpaired) electrons. The van der Waals surface area contributed by atoms with Crippen molar-refractivity contribution in [1.29, 1.82) is 0 Å². The van der Waals surface area contributed by atoms with E-state index in [1.54, 1.807) is 0 Å². The monoisotopic (exact) mass is 946 g/mol. The van der Waals surface area contributed by atoms with Crippen molar-refractivity contribution in [3.05, 3.63) is 12.2 Å². The molecule has 0 spiro atoms. The van der Waals surface area contributed by atoms with Gasteiger partial charge in [-0.15, -0.1) is 0 Å². The first-order chi connectivity index (χ1) is 33.0. The number of ether oxygens (including phenoxy) is 1. The first-order valence-corrected chi connectivity index (χ1v) is 30.4. The zero-order chi connectivity index (χ0) is 48.6. The molecule has 0 aromatic heterocycles. The quantitative estimate of drug-likeness (QED) is 0.0321. The summed E-state index contributed by atoms with van der Waals surface area (Å²) in [4.78, 5) is 24.5. The molecule has 0 aromatic carbocycles. The Kier molecular flexibility index (Phi) is 56.0. The summed E-state index contributed by atoms with van der Waals surface area (Å²) in [5.74, 6) is -0.0275. The van der Waals surface area contributed by atoms with Crippen molar-refractivity contribution >= 4 is 11.9 Å². The maximum Gasteiger partial charge on any atom is 0.305 e. The molecule has 0 aromatic rings. The number of unbranched alkanes of at least 4 members (excludes halogenated alkanes) is 44. The van der Waals surface area contributed by atoms with E-state index < -0.39 is 12.1 Å². The lowest BCUT2D eigenvalue weighted by atomic mass is 10.0. The zero-order valence-corrected chi connectivity index (χ0v) is 45.4. The van der Waals surface area contributed by atoms with Gasteiger partial charge in [-0.25, -0.2) is 0 Å². The molecule has 0 saturated carbocycles. The molecule has 0 rings (SSSR count). The first-order valence-electron chi connectivity index (χ1n) is 30.4. The van der Waals surface area contributed by atoms with Gasteiger partial charge in [0, 0.05) is 12.8 Å². The van der Waals surface area contributed by atoms with Crippen LogP contribution in [0.1, 0.15) is 341 Å². The number of nitrogens with one attached hydrogen (secondary N) is 1. The lowest BCUT2D eigenvalue weighted by molar-refractivity contribution is -0.143. The fraction of sp³-hybridized carbons (Fsp3) is 0.934. The molecule has 0 heterocycles. The molecule has 0 aliphatic rings. The lowest BCUT2D eigenvalue weighted by Crippen LogP contribution is -2.45. The van der Waals surface area contributed by atoms with Gasteiger partial charge in [0.1, 0.15) is 0 Å². The van der Waals surface area contributed by atoms with E-state index in [-0.39, 0.29) is 18.5 Å². The highest BCUT2D eigenvalue weighted by atomic mass is 16.5. The number of esters is 1. The van der Waals surface area contributed by atoms with E-state index in [9.17, 15) is 19.8 Å². The Hall–Kier alpha value is -1.40. The summed E-state index contributed by atoms with van der Waals surface area (Å²) >= 11 is 0. The van der Waals surface area contributed by atoms with Crippen LogP contribution >= 0.6 is 0 Å². The summed E-state index contributed by atoms with van der Waals surface area (Å²) in [6.07, 6.45) is 67.9. The van der Waals surface area contributed by atoms with E-state index in [1.165, 1.54) is 263 Å². The third-order valence-electron chi connectivity index (χ3n) is 14.3. The van der Waals surface area contributed by atoms with Gasteiger partial charge in [-0.05, 0) is 51.4 Å². The Balaban J connectivity index is 3.36. The number of carbonyl (C=O) groups excluding carboxylic acids is 2. The van der Waals surface area contributed by atoms with Gasteiger partial charge in [-0.3, -0.25) is 9.59 Å². The van der Waals surface area contributed by atoms with Crippen molar-refractivity contribution in [3.8, 4) is 0 Å². The van der Waals surface area contributed by atoms with Crippen LogP contribution in [0.5, 0.6) is 0 Å². The van der Waals surface area contributed by atoms with E-state index in [4.69, 9.17) is 4.74 Å². The summed E-state index contributed by atoms with van der Waals surface area (Å²) in [6.45, 7) is 4.96. The minimum atomic E-state index is -0.664. The van der Waals surface area contributed by atoms with Crippen LogP contribution in [-0.4, -0.2) is 47.4 Å². The minimum absolute atomic E-state index is 0.00928. The average molecular weight is 947 g/mol. The minimum Gasteiger partial charge on any atom is -0.466 e. The predicted octanol–water partition coefficient (Wildman–Crippen LogP) is 18.9. The third-order valence-corrected chi connectivity index (χ3v) is 14.3. The van der Waals surface area contributed by atoms with Gasteiger partial charge >= 0.3 is 5.97 Å². The van der Waals surface area contributed by atoms with Gasteiger partial charge in [-0.2, -0.15) is 0 Å². The smallest absolute Gasteiger partial charge is 0.305 e. The fourth-order valence-electron chi connectivity index (χ4n) is 9.64. The number of allylic oxidation sites excluding steroid dienone is 2. The highest BCUT2D eigenvalue weighted by Crippen LogP contribution is 2.18. The summed E-state index contributed by atoms with van der Waals surface area (Å²) in [7, 11) is 0. The van der Waals surface area contributed by atoms with Gasteiger partial charge in [0.15, 0.2) is 0 Å². The molecule has 6 heteroatoms. The van der Waals surface area contributed by atoms with Gasteiger partial charge in [0.2, 0.25) is 5.91 Å². The van der Waals surface area contributed by atoms with Crippen LogP contribution in [0.25, 0.3) is 0 Å². The van der Waals surface area contributed by atoms with Crippen LogP contribution < -0.4 is 5.32 Å². The van der Waals surface area contributed by atoms with Crippen molar-refractivity contribution < 1.29 is 24.5 Å². The molecule has 1 amide bonds. The molecule has 2 atom stereocenters. The molecule has 0 bridgehead atoms. The second-order valence-corrected chi connectivity index (χ2v) is 21.0. The Bertz CT molecular complexity index is 1000. The third kappa shape index (κ3) is 53.8. The van der Waals surface area contributed by atoms with Crippen LogP contribution in [0.15, 0.2) is 12.2 Å². The highest BCUT2D eigenvalue weighted by Gasteiger charge is 2.20. The van der Waals surface area contributed by atoms with Gasteiger partial charge in [0.25, 0.3) is 0 Å². The van der Waals surface area contributed by atoms with Crippen LogP contribution in [0.2, 0.25) is 0 Å². The summed E-state index contributed by atoms with van der Waals surface area (Å²) in [6, 6.07) is -0.542. The van der Waals surface area contributed by atoms with Gasteiger partial charge in [0.05, 0.1) is 25.4 Å². The highest BCUT2D eigenvalue weighted by molar-refractivity contribution is 5.76. The summed E-state index contributed by atoms with van der Waals surface area (Å²) in [5, 5.41) is 23.2. The average Bonchev–Trinajstić information content (AvgIpc) is 3.33. The van der Waals surface area contributed by atoms with Crippen LogP contribution in [-0.2, 0) is 14.3 Å². The second kappa shape index (κ2) is 57.2. The molecule has 2 unspecified atom stereocenters. The van der Waals surface area contributed by atoms with E-state index in [0.29, 0.717) is 25.9 Å². The van der Waals surface area contributed by atoms with Crippen molar-refractivity contribution in [3.63, 3.8) is 0 Å². The molecule has 0 saturated heterocycles. The molecular formula is C61H119NO5. The Morgan fingerprint density at radius 3 is 1.06 bits per heavy atom. The van der Waals surface area contributed by atoms with Crippen molar-refractivity contribution in [2.45, 2.75) is 353 Å². The molecule has 0 fully saturated rings. The summed E-state index contributed by atoms with van der Waals surface area (Å²) in [5.41, 5.74) is 0. The maximum atomic E-state index is 12.5. The second-order valence-electron chi connectivity index (χ2n) is 21.0. The van der Waals surface area contributed by atoms with Crippen LogP contribution in [0.4, 0.5) is 0 Å². The lowest BCUT2D eigenvalue weighted by Gasteiger charge is -2.22. The summed E-state index contributed by atoms with van der Waals surface area (Å²) < 4.78 is 5.50. The zero-order valence-electron chi connectivity index (χ0n) is 45.4. The number of aliphatic hydroxyl groups is 2. The van der Waals surface area contributed by atoms with Crippen molar-refractivity contribution in [1.82, 2.24) is 5.32 Å². The van der Waals surface area contributed by atoms with E-state index in [1.807, 2.05) is 0 Å². The number of hydrogen-bond acceptors (Lipinski definition) is 5. The number of aliphatic hydroxyl groups excluding tert-OH is 2. The van der Waals surface area contributed by atoms with E-state index in [2.05, 4.69) is 31.3 Å². The number of carbonyl (C=O) groups is 2. The van der Waals surface area contributed by atoms with Crippen molar-refractivity contribution in [2.24, 2.45) is 0 Å². The molecule has 0 aliphatic heterocycles. The van der Waals surface area contributed by atoms with Crippen LogP contribution in [0.3, 0.4) is 0 Å². The standard InChI is InChI=1S/C61H119NO5/c1-3-5-7-9-11-13-15-17-18-19-21-25-28-31-35-39-43-47-51-55-61(66)67-56-52-48-44-40-36-32-29-26-23-20-22-24-27-30-34-38-42-46-50-54-60(65)62-58(57-63)59(64)53-49-45-41-37-33-16-14-12-10-8-6-4-2/h17-18,58-59,63-64H,3-16,19-57H2,1-2H3,(H,62,65)/b18-17-. The molecule has 398 valence electrons. The Morgan fingerprint density at radius 2 is 0.701 bits per heavy atom. The molecule has 3 N–H and O–H groups in total. The Labute approximate surface area is 419 Å². The van der Waals surface area contributed by atoms with Gasteiger partial charge < -0.3 is 20.3 Å². The number of hydrogen-bond donors (Lipinski definition) is 3. The predicted molar refractivity (Wildman–Crippen MR) is 292 cm³/mol. The molecule has 6 nitrogen and oxygen atoms in total. The van der Waals surface area contributed by atoms with Crippen molar-refractivity contribution in [2.75, 3.05) is 13.2 Å². The molecule has 0 aliphatic carbocycles.